The minimum Gasteiger partial charge on any atom is -0.378 e. The van der Waals surface area contributed by atoms with Crippen molar-refractivity contribution in [3.05, 3.63) is 0 Å². The van der Waals surface area contributed by atoms with E-state index in [1.807, 2.05) is 11.8 Å². The predicted octanol–water partition coefficient (Wildman–Crippen LogP) is 2.59. The smallest absolute Gasteiger partial charge is 0.0951 e. The minimum atomic E-state index is 0.0451. The van der Waals surface area contributed by atoms with Gasteiger partial charge >= 0.3 is 0 Å². The van der Waals surface area contributed by atoms with Crippen molar-refractivity contribution in [2.45, 2.75) is 67.9 Å². The van der Waals surface area contributed by atoms with Crippen LogP contribution in [0, 0.1) is 0 Å². The summed E-state index contributed by atoms with van der Waals surface area (Å²) in [5, 5.41) is 4.79. The van der Waals surface area contributed by atoms with E-state index in [1.54, 1.807) is 0 Å². The van der Waals surface area contributed by atoms with E-state index in [0.717, 1.165) is 44.0 Å². The van der Waals surface area contributed by atoms with Crippen LogP contribution in [-0.4, -0.2) is 49.0 Å². The zero-order valence-electron chi connectivity index (χ0n) is 12.0. The van der Waals surface area contributed by atoms with E-state index < -0.39 is 0 Å². The van der Waals surface area contributed by atoms with Crippen LogP contribution < -0.4 is 5.32 Å². The molecule has 0 radical (unpaired) electrons. The maximum atomic E-state index is 6.02. The molecule has 1 aliphatic carbocycles. The highest BCUT2D eigenvalue weighted by molar-refractivity contribution is 7.99. The van der Waals surface area contributed by atoms with Crippen molar-refractivity contribution in [3.8, 4) is 0 Å². The molecule has 0 aromatic carbocycles. The second-order valence-corrected chi connectivity index (χ2v) is 7.55. The highest BCUT2D eigenvalue weighted by Gasteiger charge is 2.41. The predicted molar refractivity (Wildman–Crippen MR) is 79.8 cm³/mol. The summed E-state index contributed by atoms with van der Waals surface area (Å²) in [4.78, 5) is 0. The maximum Gasteiger partial charge on any atom is 0.0951 e. The number of nitrogens with one attached hydrogen (secondary N) is 1. The van der Waals surface area contributed by atoms with Crippen molar-refractivity contribution in [1.82, 2.24) is 5.32 Å². The first kappa shape index (κ1) is 14.2. The lowest BCUT2D eigenvalue weighted by molar-refractivity contribution is -0.0906. The Morgan fingerprint density at radius 1 is 1.16 bits per heavy atom. The fourth-order valence-corrected chi connectivity index (χ4v) is 4.70. The third kappa shape index (κ3) is 3.46. The molecule has 1 N–H and O–H groups in total. The van der Waals surface area contributed by atoms with Crippen LogP contribution in [0.5, 0.6) is 0 Å². The largest absolute Gasteiger partial charge is 0.378 e. The second kappa shape index (κ2) is 6.33. The molecular weight excluding hydrogens is 258 g/mol. The van der Waals surface area contributed by atoms with Gasteiger partial charge in [-0.2, -0.15) is 11.8 Å². The first-order chi connectivity index (χ1) is 9.30. The molecule has 0 aromatic heterocycles. The summed E-state index contributed by atoms with van der Waals surface area (Å²) >= 11 is 2.05. The molecule has 2 heterocycles. The van der Waals surface area contributed by atoms with Gasteiger partial charge < -0.3 is 14.8 Å². The third-order valence-corrected chi connectivity index (χ3v) is 6.09. The Bertz CT molecular complexity index is 294. The van der Waals surface area contributed by atoms with E-state index in [4.69, 9.17) is 9.47 Å². The molecule has 0 amide bonds. The fourth-order valence-electron chi connectivity index (χ4n) is 3.88. The Hall–Kier alpha value is 0.230. The van der Waals surface area contributed by atoms with Gasteiger partial charge in [0.15, 0.2) is 0 Å². The van der Waals surface area contributed by atoms with E-state index >= 15 is 0 Å². The molecule has 3 rings (SSSR count). The molecule has 110 valence electrons. The number of ether oxygens (including phenoxy) is 2. The standard InChI is InChI=1S/C15H27NO2S/c1-19-14-4-2-3-12(9-14)16-13-5-7-18-15(10-13)6-8-17-11-15/h12-14,16H,2-11H2,1H3. The van der Waals surface area contributed by atoms with E-state index in [9.17, 15) is 0 Å². The van der Waals surface area contributed by atoms with Gasteiger partial charge in [-0.15, -0.1) is 0 Å². The number of rotatable bonds is 3. The van der Waals surface area contributed by atoms with Crippen molar-refractivity contribution in [2.24, 2.45) is 0 Å². The van der Waals surface area contributed by atoms with Gasteiger partial charge in [-0.3, -0.25) is 0 Å². The summed E-state index contributed by atoms with van der Waals surface area (Å²) in [6.07, 6.45) is 11.2. The van der Waals surface area contributed by atoms with Crippen LogP contribution in [0.15, 0.2) is 0 Å². The molecule has 0 aromatic rings. The van der Waals surface area contributed by atoms with Crippen LogP contribution in [0.4, 0.5) is 0 Å². The SMILES string of the molecule is CSC1CCCC(NC2CCOC3(CCOC3)C2)C1. The Balaban J connectivity index is 1.51. The lowest BCUT2D eigenvalue weighted by Crippen LogP contribution is -2.51. The van der Waals surface area contributed by atoms with Crippen molar-refractivity contribution in [1.29, 1.82) is 0 Å². The highest BCUT2D eigenvalue weighted by atomic mass is 32.2. The molecule has 1 spiro atoms. The Morgan fingerprint density at radius 2 is 2.11 bits per heavy atom. The lowest BCUT2D eigenvalue weighted by atomic mass is 9.87. The Labute approximate surface area is 121 Å². The molecule has 3 fully saturated rings. The average molecular weight is 285 g/mol. The summed E-state index contributed by atoms with van der Waals surface area (Å²) in [6, 6.07) is 1.37. The monoisotopic (exact) mass is 285 g/mol. The van der Waals surface area contributed by atoms with Gasteiger partial charge in [-0.25, -0.2) is 0 Å². The molecule has 4 unspecified atom stereocenters. The molecule has 1 saturated carbocycles. The molecule has 2 saturated heterocycles. The zero-order valence-corrected chi connectivity index (χ0v) is 12.8. The van der Waals surface area contributed by atoms with Crippen molar-refractivity contribution < 1.29 is 9.47 Å². The number of hydrogen-bond donors (Lipinski definition) is 1. The average Bonchev–Trinajstić information content (AvgIpc) is 2.87. The first-order valence-corrected chi connectivity index (χ1v) is 9.09. The molecular formula is C15H27NO2S. The van der Waals surface area contributed by atoms with Crippen molar-refractivity contribution in [3.63, 3.8) is 0 Å². The van der Waals surface area contributed by atoms with E-state index in [-0.39, 0.29) is 5.60 Å². The topological polar surface area (TPSA) is 30.5 Å². The van der Waals surface area contributed by atoms with Gasteiger partial charge in [0.1, 0.15) is 0 Å². The van der Waals surface area contributed by atoms with Crippen molar-refractivity contribution in [2.75, 3.05) is 26.1 Å². The van der Waals surface area contributed by atoms with E-state index in [0.29, 0.717) is 6.04 Å². The summed E-state index contributed by atoms with van der Waals surface area (Å²) in [7, 11) is 0. The van der Waals surface area contributed by atoms with E-state index in [2.05, 4.69) is 11.6 Å². The zero-order chi connectivity index (χ0) is 13.1. The van der Waals surface area contributed by atoms with Crippen LogP contribution in [-0.2, 0) is 9.47 Å². The molecule has 4 heteroatoms. The van der Waals surface area contributed by atoms with Crippen LogP contribution in [0.2, 0.25) is 0 Å². The first-order valence-electron chi connectivity index (χ1n) is 7.80. The van der Waals surface area contributed by atoms with Crippen LogP contribution in [0.25, 0.3) is 0 Å². The molecule has 0 bridgehead atoms. The Morgan fingerprint density at radius 3 is 2.89 bits per heavy atom. The summed E-state index contributed by atoms with van der Waals surface area (Å²) in [5.41, 5.74) is 0.0451. The second-order valence-electron chi connectivity index (χ2n) is 6.41. The normalized spacial score (nSPS) is 43.7. The van der Waals surface area contributed by atoms with Gasteiger partial charge in [0, 0.05) is 37.0 Å². The molecule has 3 nitrogen and oxygen atoms in total. The molecule has 4 atom stereocenters. The summed E-state index contributed by atoms with van der Waals surface area (Å²) < 4.78 is 11.6. The van der Waals surface area contributed by atoms with Gasteiger partial charge in [0.05, 0.1) is 12.2 Å². The van der Waals surface area contributed by atoms with Crippen molar-refractivity contribution >= 4 is 11.8 Å². The van der Waals surface area contributed by atoms with Crippen LogP contribution in [0.1, 0.15) is 44.9 Å². The van der Waals surface area contributed by atoms with Gasteiger partial charge in [-0.05, 0) is 38.4 Å². The van der Waals surface area contributed by atoms with Crippen LogP contribution in [0.3, 0.4) is 0 Å². The molecule has 2 aliphatic heterocycles. The fraction of sp³-hybridized carbons (Fsp3) is 1.00. The number of thioether (sulfide) groups is 1. The van der Waals surface area contributed by atoms with Crippen LogP contribution >= 0.6 is 11.8 Å². The summed E-state index contributed by atoms with van der Waals surface area (Å²) in [6.45, 7) is 2.59. The maximum absolute atomic E-state index is 6.02. The summed E-state index contributed by atoms with van der Waals surface area (Å²) in [5.74, 6) is 0. The van der Waals surface area contributed by atoms with Gasteiger partial charge in [-0.1, -0.05) is 6.42 Å². The highest BCUT2D eigenvalue weighted by Crippen LogP contribution is 2.34. The van der Waals surface area contributed by atoms with Gasteiger partial charge in [0.25, 0.3) is 0 Å². The lowest BCUT2D eigenvalue weighted by Gasteiger charge is -2.40. The minimum absolute atomic E-state index is 0.0451. The quantitative estimate of drug-likeness (QED) is 0.863. The molecule has 3 aliphatic rings. The molecule has 19 heavy (non-hydrogen) atoms. The third-order valence-electron chi connectivity index (χ3n) is 4.99. The number of hydrogen-bond acceptors (Lipinski definition) is 4. The van der Waals surface area contributed by atoms with Gasteiger partial charge in [0.2, 0.25) is 0 Å². The Kier molecular flexibility index (Phi) is 4.73. The van der Waals surface area contributed by atoms with E-state index in [1.165, 1.54) is 32.1 Å².